The Morgan fingerprint density at radius 1 is 1.26 bits per heavy atom. The van der Waals surface area contributed by atoms with Gasteiger partial charge in [0.15, 0.2) is 5.16 Å². The molecule has 0 radical (unpaired) electrons. The number of fused-ring (bicyclic) bond motifs is 1. The average Bonchev–Trinajstić information content (AvgIpc) is 2.80. The van der Waals surface area contributed by atoms with E-state index < -0.39 is 0 Å². The lowest BCUT2D eigenvalue weighted by atomic mass is 10.3. The van der Waals surface area contributed by atoms with Crippen LogP contribution in [0.3, 0.4) is 0 Å². The predicted molar refractivity (Wildman–Crippen MR) is 73.6 cm³/mol. The van der Waals surface area contributed by atoms with Crippen molar-refractivity contribution in [2.45, 2.75) is 10.1 Å². The van der Waals surface area contributed by atoms with Crippen molar-refractivity contribution in [2.75, 3.05) is 5.73 Å². The minimum Gasteiger partial charge on any atom is -0.399 e. The summed E-state index contributed by atoms with van der Waals surface area (Å²) in [5.74, 6) is 0. The fraction of sp³-hybridized carbons (Fsp3) is 0. The van der Waals surface area contributed by atoms with Crippen LogP contribution in [0.15, 0.2) is 46.6 Å². The summed E-state index contributed by atoms with van der Waals surface area (Å²) in [5.41, 5.74) is 8.58. The Kier molecular flexibility index (Phi) is 2.82. The number of benzene rings is 1. The summed E-state index contributed by atoms with van der Waals surface area (Å²) >= 11 is 1.45. The average molecular weight is 267 g/mol. The zero-order chi connectivity index (χ0) is 13.2. The lowest BCUT2D eigenvalue weighted by Crippen LogP contribution is -1.82. The van der Waals surface area contributed by atoms with E-state index in [1.165, 1.54) is 11.8 Å². The normalized spacial score (nSPS) is 10.5. The monoisotopic (exact) mass is 267 g/mol. The van der Waals surface area contributed by atoms with Gasteiger partial charge in [0.05, 0.1) is 11.0 Å². The standard InChI is InChI=1S/C13H9N5S/c14-7-9-6-10(3-4-16-9)19-13-17-11-2-1-8(15)5-12(11)18-13/h1-6H,15H2,(H,17,18). The molecule has 0 aliphatic rings. The molecule has 0 unspecified atom stereocenters. The van der Waals surface area contributed by atoms with Crippen LogP contribution in [0, 0.1) is 11.3 Å². The number of nitrogens with two attached hydrogens (primary N) is 1. The van der Waals surface area contributed by atoms with Gasteiger partial charge < -0.3 is 10.7 Å². The van der Waals surface area contributed by atoms with Gasteiger partial charge in [0.25, 0.3) is 0 Å². The van der Waals surface area contributed by atoms with E-state index >= 15 is 0 Å². The molecule has 2 aromatic heterocycles. The molecule has 1 aromatic carbocycles. The van der Waals surface area contributed by atoms with Crippen molar-refractivity contribution in [3.63, 3.8) is 0 Å². The Hall–Kier alpha value is -2.52. The molecule has 92 valence electrons. The summed E-state index contributed by atoms with van der Waals surface area (Å²) in [4.78, 5) is 12.5. The molecular formula is C13H9N5S. The summed E-state index contributed by atoms with van der Waals surface area (Å²) in [7, 11) is 0. The number of nitrogen functional groups attached to an aromatic ring is 1. The van der Waals surface area contributed by atoms with Crippen molar-refractivity contribution in [1.29, 1.82) is 5.26 Å². The fourth-order valence-corrected chi connectivity index (χ4v) is 2.53. The third-order valence-electron chi connectivity index (χ3n) is 2.54. The van der Waals surface area contributed by atoms with Gasteiger partial charge in [0.2, 0.25) is 0 Å². The molecule has 0 aliphatic carbocycles. The molecule has 0 saturated heterocycles. The van der Waals surface area contributed by atoms with Crippen molar-refractivity contribution in [3.05, 3.63) is 42.2 Å². The second kappa shape index (κ2) is 4.63. The number of H-pyrrole nitrogens is 1. The fourth-order valence-electron chi connectivity index (χ4n) is 1.70. The molecule has 3 aromatic rings. The van der Waals surface area contributed by atoms with Crippen molar-refractivity contribution in [1.82, 2.24) is 15.0 Å². The van der Waals surface area contributed by atoms with E-state index in [9.17, 15) is 0 Å². The molecule has 5 nitrogen and oxygen atoms in total. The van der Waals surface area contributed by atoms with E-state index in [0.717, 1.165) is 21.1 Å². The first-order valence-electron chi connectivity index (χ1n) is 5.54. The van der Waals surface area contributed by atoms with E-state index in [1.807, 2.05) is 30.3 Å². The summed E-state index contributed by atoms with van der Waals surface area (Å²) < 4.78 is 0. The van der Waals surface area contributed by atoms with Gasteiger partial charge in [-0.15, -0.1) is 0 Å². The highest BCUT2D eigenvalue weighted by Crippen LogP contribution is 2.27. The van der Waals surface area contributed by atoms with Crippen LogP contribution in [0.1, 0.15) is 5.69 Å². The van der Waals surface area contributed by atoms with Crippen molar-refractivity contribution in [3.8, 4) is 6.07 Å². The number of nitriles is 1. The highest BCUT2D eigenvalue weighted by Gasteiger charge is 2.05. The SMILES string of the molecule is N#Cc1cc(Sc2nc3ccc(N)cc3[nH]2)ccn1. The van der Waals surface area contributed by atoms with E-state index in [1.54, 1.807) is 12.3 Å². The Balaban J connectivity index is 1.94. The molecule has 0 fully saturated rings. The molecule has 0 bridgehead atoms. The van der Waals surface area contributed by atoms with Crippen LogP contribution < -0.4 is 5.73 Å². The molecular weight excluding hydrogens is 258 g/mol. The first-order valence-corrected chi connectivity index (χ1v) is 6.35. The van der Waals surface area contributed by atoms with Gasteiger partial charge in [-0.2, -0.15) is 5.26 Å². The van der Waals surface area contributed by atoms with E-state index in [0.29, 0.717) is 11.4 Å². The number of rotatable bonds is 2. The van der Waals surface area contributed by atoms with E-state index in [4.69, 9.17) is 11.0 Å². The number of pyridine rings is 1. The van der Waals surface area contributed by atoms with Crippen molar-refractivity contribution >= 4 is 28.5 Å². The second-order valence-electron chi connectivity index (χ2n) is 3.91. The summed E-state index contributed by atoms with van der Waals surface area (Å²) in [5, 5.41) is 9.57. The van der Waals surface area contributed by atoms with Crippen LogP contribution in [0.5, 0.6) is 0 Å². The number of hydrogen-bond donors (Lipinski definition) is 2. The number of hydrogen-bond acceptors (Lipinski definition) is 5. The first kappa shape index (κ1) is 11.6. The van der Waals surface area contributed by atoms with Crippen molar-refractivity contribution in [2.24, 2.45) is 0 Å². The number of anilines is 1. The molecule has 0 aliphatic heterocycles. The number of aromatic nitrogens is 3. The van der Waals surface area contributed by atoms with Crippen LogP contribution >= 0.6 is 11.8 Å². The van der Waals surface area contributed by atoms with Gasteiger partial charge in [0.1, 0.15) is 11.8 Å². The van der Waals surface area contributed by atoms with E-state index in [-0.39, 0.29) is 0 Å². The third kappa shape index (κ3) is 2.37. The molecule has 0 spiro atoms. The number of aromatic amines is 1. The topological polar surface area (TPSA) is 91.4 Å². The summed E-state index contributed by atoms with van der Waals surface area (Å²) in [6.07, 6.45) is 1.61. The predicted octanol–water partition coefficient (Wildman–Crippen LogP) is 2.56. The molecule has 3 N–H and O–H groups in total. The Bertz CT molecular complexity index is 787. The van der Waals surface area contributed by atoms with Gasteiger partial charge in [0, 0.05) is 16.8 Å². The maximum Gasteiger partial charge on any atom is 0.171 e. The first-order chi connectivity index (χ1) is 9.24. The number of nitrogens with one attached hydrogen (secondary N) is 1. The van der Waals surface area contributed by atoms with Crippen LogP contribution in [0.25, 0.3) is 11.0 Å². The number of nitrogens with zero attached hydrogens (tertiary/aromatic N) is 3. The lowest BCUT2D eigenvalue weighted by Gasteiger charge is -1.96. The van der Waals surface area contributed by atoms with Crippen LogP contribution in [0.4, 0.5) is 5.69 Å². The van der Waals surface area contributed by atoms with Crippen LogP contribution in [-0.2, 0) is 0 Å². The molecule has 0 saturated carbocycles. The molecule has 3 rings (SSSR count). The molecule has 0 amide bonds. The minimum absolute atomic E-state index is 0.394. The largest absolute Gasteiger partial charge is 0.399 e. The summed E-state index contributed by atoms with van der Waals surface area (Å²) in [6.45, 7) is 0. The molecule has 2 heterocycles. The maximum atomic E-state index is 8.81. The number of imidazole rings is 1. The maximum absolute atomic E-state index is 8.81. The van der Waals surface area contributed by atoms with Gasteiger partial charge in [-0.3, -0.25) is 0 Å². The van der Waals surface area contributed by atoms with Crippen LogP contribution in [-0.4, -0.2) is 15.0 Å². The van der Waals surface area contributed by atoms with Crippen molar-refractivity contribution < 1.29 is 0 Å². The Morgan fingerprint density at radius 3 is 3.00 bits per heavy atom. The van der Waals surface area contributed by atoms with Gasteiger partial charge in [-0.25, -0.2) is 9.97 Å². The Morgan fingerprint density at radius 2 is 2.16 bits per heavy atom. The molecule has 19 heavy (non-hydrogen) atoms. The van der Waals surface area contributed by atoms with Gasteiger partial charge in [-0.1, -0.05) is 11.8 Å². The zero-order valence-electron chi connectivity index (χ0n) is 9.79. The second-order valence-corrected chi connectivity index (χ2v) is 4.97. The minimum atomic E-state index is 0.394. The van der Waals surface area contributed by atoms with E-state index in [2.05, 4.69) is 15.0 Å². The van der Waals surface area contributed by atoms with Crippen LogP contribution in [0.2, 0.25) is 0 Å². The smallest absolute Gasteiger partial charge is 0.171 e. The molecule has 0 atom stereocenters. The Labute approximate surface area is 113 Å². The zero-order valence-corrected chi connectivity index (χ0v) is 10.6. The lowest BCUT2D eigenvalue weighted by molar-refractivity contribution is 1.08. The van der Waals surface area contributed by atoms with Gasteiger partial charge >= 0.3 is 0 Å². The summed E-state index contributed by atoms with van der Waals surface area (Å²) in [6, 6.07) is 11.1. The highest BCUT2D eigenvalue weighted by atomic mass is 32.2. The quantitative estimate of drug-likeness (QED) is 0.696. The molecule has 6 heteroatoms. The third-order valence-corrected chi connectivity index (χ3v) is 3.42. The highest BCUT2D eigenvalue weighted by molar-refractivity contribution is 7.99. The van der Waals surface area contributed by atoms with Gasteiger partial charge in [-0.05, 0) is 30.3 Å².